The van der Waals surface area contributed by atoms with Crippen LogP contribution in [0.1, 0.15) is 5.56 Å². The maximum absolute atomic E-state index is 14.4. The molecule has 0 radical (unpaired) electrons. The molecule has 0 amide bonds. The van der Waals surface area contributed by atoms with E-state index >= 15 is 0 Å². The fraction of sp³-hybridized carbons (Fsp3) is 0.471. The van der Waals surface area contributed by atoms with Crippen molar-refractivity contribution < 1.29 is 23.5 Å². The van der Waals surface area contributed by atoms with E-state index in [0.29, 0.717) is 44.1 Å². The quantitative estimate of drug-likeness (QED) is 0.578. The molecule has 1 saturated heterocycles. The highest BCUT2D eigenvalue weighted by molar-refractivity contribution is 5.49. The molecule has 1 fully saturated rings. The smallest absolute Gasteiger partial charge is 0.414 e. The topological polar surface area (TPSA) is 91.9 Å². The van der Waals surface area contributed by atoms with Gasteiger partial charge in [-0.15, -0.1) is 0 Å². The molecule has 0 saturated carbocycles. The average molecular weight is 378 g/mol. The highest BCUT2D eigenvalue weighted by atomic mass is 19.1. The third-order valence-corrected chi connectivity index (χ3v) is 4.56. The Balaban J connectivity index is 1.36. The van der Waals surface area contributed by atoms with Crippen molar-refractivity contribution in [3.8, 4) is 6.01 Å². The van der Waals surface area contributed by atoms with Gasteiger partial charge in [-0.05, 0) is 22.6 Å². The molecule has 1 atom stereocenters. The van der Waals surface area contributed by atoms with Crippen LogP contribution in [0.15, 0.2) is 24.4 Å². The number of nitrogens with zero attached hydrogens (tertiary/aromatic N) is 4. The Labute approximate surface area is 154 Å². The first-order chi connectivity index (χ1) is 13.1. The number of fused-ring (bicyclic) bond motifs is 1. The van der Waals surface area contributed by atoms with Gasteiger partial charge in [0, 0.05) is 18.1 Å². The molecule has 0 aliphatic carbocycles. The highest BCUT2D eigenvalue weighted by Gasteiger charge is 2.28. The number of aromatic nitrogens is 2. The number of ether oxygens (including phenoxy) is 3. The molecule has 0 bridgehead atoms. The number of rotatable bonds is 5. The minimum absolute atomic E-state index is 0.211. The number of halogens is 1. The van der Waals surface area contributed by atoms with E-state index in [1.54, 1.807) is 10.6 Å². The van der Waals surface area contributed by atoms with Crippen molar-refractivity contribution in [1.82, 2.24) is 9.55 Å². The van der Waals surface area contributed by atoms with Crippen molar-refractivity contribution in [3.05, 3.63) is 45.9 Å². The number of benzene rings is 1. The molecule has 2 aromatic rings. The summed E-state index contributed by atoms with van der Waals surface area (Å²) in [5.41, 5.74) is 1.28. The molecule has 9 nitrogen and oxygen atoms in total. The standard InChI is InChI=1S/C17H19FN4O5/c18-14-7-12(1-2-15(14)20-3-5-25-6-4-20)10-26-13-8-21-9-16(22(23)24)19-17(21)27-11-13/h1-2,7,9,13H,3-6,8,10-11H2/t13-/m0/s1. The second kappa shape index (κ2) is 7.49. The van der Waals surface area contributed by atoms with E-state index in [2.05, 4.69) is 4.98 Å². The normalized spacial score (nSPS) is 19.4. The molecular formula is C17H19FN4O5. The van der Waals surface area contributed by atoms with Gasteiger partial charge in [-0.2, -0.15) is 0 Å². The van der Waals surface area contributed by atoms with Crippen LogP contribution in [0.5, 0.6) is 6.01 Å². The molecule has 2 aliphatic rings. The van der Waals surface area contributed by atoms with E-state index in [1.165, 1.54) is 12.3 Å². The van der Waals surface area contributed by atoms with Gasteiger partial charge in [0.1, 0.15) is 24.7 Å². The molecule has 27 heavy (non-hydrogen) atoms. The van der Waals surface area contributed by atoms with Crippen molar-refractivity contribution in [3.63, 3.8) is 0 Å². The summed E-state index contributed by atoms with van der Waals surface area (Å²) in [7, 11) is 0. The molecule has 4 rings (SSSR count). The predicted molar refractivity (Wildman–Crippen MR) is 92.4 cm³/mol. The van der Waals surface area contributed by atoms with Crippen LogP contribution in [0.3, 0.4) is 0 Å². The largest absolute Gasteiger partial charge is 0.443 e. The van der Waals surface area contributed by atoms with E-state index in [1.807, 2.05) is 11.0 Å². The molecule has 1 aromatic carbocycles. The Morgan fingerprint density at radius 3 is 2.93 bits per heavy atom. The van der Waals surface area contributed by atoms with Gasteiger partial charge in [-0.1, -0.05) is 6.07 Å². The van der Waals surface area contributed by atoms with E-state index in [0.717, 1.165) is 0 Å². The van der Waals surface area contributed by atoms with Crippen molar-refractivity contribution in [2.24, 2.45) is 0 Å². The molecular weight excluding hydrogens is 359 g/mol. The van der Waals surface area contributed by atoms with Crippen molar-refractivity contribution in [1.29, 1.82) is 0 Å². The molecule has 10 heteroatoms. The summed E-state index contributed by atoms with van der Waals surface area (Å²) in [6.45, 7) is 3.39. The summed E-state index contributed by atoms with van der Waals surface area (Å²) < 4.78 is 32.5. The Bertz CT molecular complexity index is 837. The van der Waals surface area contributed by atoms with Gasteiger partial charge in [-0.3, -0.25) is 4.57 Å². The van der Waals surface area contributed by atoms with Gasteiger partial charge in [0.05, 0.1) is 32.1 Å². The summed E-state index contributed by atoms with van der Waals surface area (Å²) in [6, 6.07) is 5.28. The van der Waals surface area contributed by atoms with Crippen molar-refractivity contribution in [2.75, 3.05) is 37.8 Å². The third-order valence-electron chi connectivity index (χ3n) is 4.56. The van der Waals surface area contributed by atoms with Gasteiger partial charge < -0.3 is 29.2 Å². The minimum atomic E-state index is -0.566. The first-order valence-electron chi connectivity index (χ1n) is 8.67. The Kier molecular flexibility index (Phi) is 4.90. The van der Waals surface area contributed by atoms with E-state index < -0.39 is 4.92 Å². The Hall–Kier alpha value is -2.72. The van der Waals surface area contributed by atoms with Crippen LogP contribution in [0.4, 0.5) is 15.9 Å². The lowest BCUT2D eigenvalue weighted by atomic mass is 10.2. The molecule has 144 valence electrons. The average Bonchev–Trinajstić information content (AvgIpc) is 3.11. The maximum Gasteiger partial charge on any atom is 0.414 e. The van der Waals surface area contributed by atoms with Crippen LogP contribution >= 0.6 is 0 Å². The van der Waals surface area contributed by atoms with Crippen LogP contribution in [0.25, 0.3) is 0 Å². The van der Waals surface area contributed by atoms with Gasteiger partial charge >= 0.3 is 11.8 Å². The van der Waals surface area contributed by atoms with E-state index in [9.17, 15) is 14.5 Å². The summed E-state index contributed by atoms with van der Waals surface area (Å²) in [4.78, 5) is 16.0. The summed E-state index contributed by atoms with van der Waals surface area (Å²) in [5.74, 6) is -0.545. The summed E-state index contributed by atoms with van der Waals surface area (Å²) >= 11 is 0. The lowest BCUT2D eigenvalue weighted by Crippen LogP contribution is -2.36. The van der Waals surface area contributed by atoms with Gasteiger partial charge in [-0.25, -0.2) is 4.39 Å². The summed E-state index contributed by atoms with van der Waals surface area (Å²) in [5, 5.41) is 10.8. The van der Waals surface area contributed by atoms with Gasteiger partial charge in [0.2, 0.25) is 0 Å². The third kappa shape index (κ3) is 3.86. The zero-order chi connectivity index (χ0) is 18.8. The number of anilines is 1. The fourth-order valence-corrected chi connectivity index (χ4v) is 3.18. The number of nitro groups is 1. The Morgan fingerprint density at radius 1 is 1.37 bits per heavy atom. The van der Waals surface area contributed by atoms with Gasteiger partial charge in [0.15, 0.2) is 0 Å². The zero-order valence-corrected chi connectivity index (χ0v) is 14.5. The minimum Gasteiger partial charge on any atom is -0.443 e. The highest BCUT2D eigenvalue weighted by Crippen LogP contribution is 2.24. The monoisotopic (exact) mass is 378 g/mol. The van der Waals surface area contributed by atoms with Crippen LogP contribution in [0, 0.1) is 15.9 Å². The fourth-order valence-electron chi connectivity index (χ4n) is 3.18. The summed E-state index contributed by atoms with van der Waals surface area (Å²) in [6.07, 6.45) is 1.02. The van der Waals surface area contributed by atoms with E-state index in [4.69, 9.17) is 14.2 Å². The van der Waals surface area contributed by atoms with Crippen molar-refractivity contribution in [2.45, 2.75) is 19.3 Å². The number of imidazole rings is 1. The lowest BCUT2D eigenvalue weighted by Gasteiger charge is -2.29. The van der Waals surface area contributed by atoms with Crippen LogP contribution in [0.2, 0.25) is 0 Å². The second-order valence-corrected chi connectivity index (χ2v) is 6.42. The molecule has 1 aromatic heterocycles. The van der Waals surface area contributed by atoms with Gasteiger partial charge in [0.25, 0.3) is 0 Å². The number of hydrogen-bond acceptors (Lipinski definition) is 7. The maximum atomic E-state index is 14.4. The predicted octanol–water partition coefficient (Wildman–Crippen LogP) is 1.74. The van der Waals surface area contributed by atoms with Crippen molar-refractivity contribution >= 4 is 11.5 Å². The molecule has 3 heterocycles. The lowest BCUT2D eigenvalue weighted by molar-refractivity contribution is -0.389. The van der Waals surface area contributed by atoms with Crippen LogP contribution < -0.4 is 9.64 Å². The van der Waals surface area contributed by atoms with Crippen LogP contribution in [-0.4, -0.2) is 53.5 Å². The first-order valence-corrected chi connectivity index (χ1v) is 8.67. The Morgan fingerprint density at radius 2 is 2.19 bits per heavy atom. The number of morpholine rings is 1. The first kappa shape index (κ1) is 17.7. The number of hydrogen-bond donors (Lipinski definition) is 0. The molecule has 0 N–H and O–H groups in total. The zero-order valence-electron chi connectivity index (χ0n) is 14.5. The molecule has 0 spiro atoms. The second-order valence-electron chi connectivity index (χ2n) is 6.42. The van der Waals surface area contributed by atoms with E-state index in [-0.39, 0.29) is 37.0 Å². The molecule has 2 aliphatic heterocycles. The van der Waals surface area contributed by atoms with Crippen LogP contribution in [-0.2, 0) is 22.6 Å². The SMILES string of the molecule is O=[N+]([O-])c1cn2c(n1)OC[C@@H](OCc1ccc(N3CCOCC3)c(F)c1)C2. The molecule has 0 unspecified atom stereocenters.